The van der Waals surface area contributed by atoms with E-state index in [1.54, 1.807) is 18.2 Å². The first-order valence-electron chi connectivity index (χ1n) is 2.98. The summed E-state index contributed by atoms with van der Waals surface area (Å²) in [5.74, 6) is 0. The van der Waals surface area contributed by atoms with Crippen LogP contribution in [0.3, 0.4) is 0 Å². The highest BCUT2D eigenvalue weighted by molar-refractivity contribution is 6.31. The molecular weight excluding hydrogens is 148 g/mol. The van der Waals surface area contributed by atoms with Crippen molar-refractivity contribution in [3.8, 4) is 0 Å². The molecule has 0 fully saturated rings. The van der Waals surface area contributed by atoms with Gasteiger partial charge in [0.2, 0.25) is 0 Å². The maximum atomic E-state index is 8.39. The molecule has 0 radical (unpaired) electrons. The van der Waals surface area contributed by atoms with E-state index in [0.29, 0.717) is 5.03 Å². The summed E-state index contributed by atoms with van der Waals surface area (Å²) >= 11 is 5.68. The summed E-state index contributed by atoms with van der Waals surface area (Å²) in [4.78, 5) is 0. The number of hydrogen-bond acceptors (Lipinski definition) is 1. The predicted molar refractivity (Wildman–Crippen MR) is 45.0 cm³/mol. The average molecular weight is 159 g/mol. The highest BCUT2D eigenvalue weighted by Gasteiger charge is 1.87. The topological polar surface area (TPSA) is 20.2 Å². The molecule has 1 N–H and O–H groups in total. The minimum absolute atomic E-state index is 0.0403. The second-order valence-electron chi connectivity index (χ2n) is 1.82. The molecule has 0 heterocycles. The number of halogens is 1. The van der Waals surface area contributed by atoms with E-state index in [-0.39, 0.29) is 6.61 Å². The van der Waals surface area contributed by atoms with E-state index in [9.17, 15) is 0 Å². The van der Waals surface area contributed by atoms with Gasteiger partial charge in [0, 0.05) is 5.03 Å². The van der Waals surface area contributed by atoms with Crippen molar-refractivity contribution >= 4 is 11.6 Å². The van der Waals surface area contributed by atoms with Crippen LogP contribution in [0.15, 0.2) is 35.4 Å². The van der Waals surface area contributed by atoms with Crippen LogP contribution >= 0.6 is 11.6 Å². The fourth-order valence-corrected chi connectivity index (χ4v) is 0.533. The Balaban J connectivity index is 4.17. The molecule has 0 bridgehead atoms. The molecule has 1 nitrogen and oxygen atoms in total. The van der Waals surface area contributed by atoms with E-state index in [1.807, 2.05) is 6.92 Å². The fourth-order valence-electron chi connectivity index (χ4n) is 0.470. The zero-order chi connectivity index (χ0) is 7.98. The molecular formula is C8H11ClO. The second kappa shape index (κ2) is 5.27. The minimum atomic E-state index is 0.0403. The lowest BCUT2D eigenvalue weighted by molar-refractivity contribution is 0.342. The highest BCUT2D eigenvalue weighted by atomic mass is 35.5. The Morgan fingerprint density at radius 2 is 2.30 bits per heavy atom. The molecule has 0 unspecified atom stereocenters. The third-order valence-corrected chi connectivity index (χ3v) is 1.48. The molecule has 2 heteroatoms. The lowest BCUT2D eigenvalue weighted by Crippen LogP contribution is -1.75. The van der Waals surface area contributed by atoms with Gasteiger partial charge in [-0.2, -0.15) is 0 Å². The van der Waals surface area contributed by atoms with E-state index in [0.717, 1.165) is 5.57 Å². The van der Waals surface area contributed by atoms with Gasteiger partial charge in [0.15, 0.2) is 0 Å². The van der Waals surface area contributed by atoms with Gasteiger partial charge in [-0.15, -0.1) is 0 Å². The van der Waals surface area contributed by atoms with Crippen molar-refractivity contribution in [2.24, 2.45) is 0 Å². The van der Waals surface area contributed by atoms with Gasteiger partial charge < -0.3 is 5.11 Å². The van der Waals surface area contributed by atoms with Crippen molar-refractivity contribution in [3.05, 3.63) is 35.4 Å². The monoisotopic (exact) mass is 158 g/mol. The molecule has 10 heavy (non-hydrogen) atoms. The Morgan fingerprint density at radius 1 is 1.70 bits per heavy atom. The zero-order valence-corrected chi connectivity index (χ0v) is 6.73. The van der Waals surface area contributed by atoms with Gasteiger partial charge in [-0.25, -0.2) is 0 Å². The van der Waals surface area contributed by atoms with Gasteiger partial charge >= 0.3 is 0 Å². The lowest BCUT2D eigenvalue weighted by atomic mass is 10.2. The normalized spacial score (nSPS) is 13.5. The summed E-state index contributed by atoms with van der Waals surface area (Å²) in [5, 5.41) is 9.01. The maximum Gasteiger partial charge on any atom is 0.0615 e. The number of rotatable bonds is 3. The second-order valence-corrected chi connectivity index (χ2v) is 2.23. The summed E-state index contributed by atoms with van der Waals surface area (Å²) < 4.78 is 0. The van der Waals surface area contributed by atoms with E-state index >= 15 is 0 Å². The Morgan fingerprint density at radius 3 is 2.70 bits per heavy atom. The Labute approximate surface area is 66.3 Å². The minimum Gasteiger partial charge on any atom is -0.392 e. The summed E-state index contributed by atoms with van der Waals surface area (Å²) in [5.41, 5.74) is 0.908. The molecule has 0 aromatic carbocycles. The van der Waals surface area contributed by atoms with Crippen LogP contribution in [-0.2, 0) is 0 Å². The first kappa shape index (κ1) is 9.47. The molecule has 0 aliphatic carbocycles. The number of hydrogen-bond donors (Lipinski definition) is 1. The predicted octanol–water partition coefficient (Wildman–Crippen LogP) is 2.23. The Hall–Kier alpha value is -0.530. The van der Waals surface area contributed by atoms with E-state index in [2.05, 4.69) is 6.58 Å². The van der Waals surface area contributed by atoms with Crippen molar-refractivity contribution in [1.29, 1.82) is 0 Å². The first-order chi connectivity index (χ1) is 4.72. The van der Waals surface area contributed by atoms with Crippen LogP contribution in [0.2, 0.25) is 0 Å². The third kappa shape index (κ3) is 3.49. The zero-order valence-electron chi connectivity index (χ0n) is 5.97. The van der Waals surface area contributed by atoms with Crippen LogP contribution in [0.1, 0.15) is 6.92 Å². The third-order valence-electron chi connectivity index (χ3n) is 1.03. The molecule has 0 rings (SSSR count). The Bertz CT molecular complexity index is 168. The van der Waals surface area contributed by atoms with Crippen molar-refractivity contribution < 1.29 is 5.11 Å². The van der Waals surface area contributed by atoms with Gasteiger partial charge in [0.1, 0.15) is 0 Å². The molecule has 0 atom stereocenters. The first-order valence-corrected chi connectivity index (χ1v) is 3.36. The number of aliphatic hydroxyl groups excluding tert-OH is 1. The Kier molecular flexibility index (Phi) is 4.99. The summed E-state index contributed by atoms with van der Waals surface area (Å²) in [7, 11) is 0. The van der Waals surface area contributed by atoms with Crippen molar-refractivity contribution in [3.63, 3.8) is 0 Å². The van der Waals surface area contributed by atoms with Gasteiger partial charge in [-0.05, 0) is 12.5 Å². The number of aliphatic hydroxyl groups is 1. The summed E-state index contributed by atoms with van der Waals surface area (Å²) in [6, 6.07) is 0. The molecule has 0 saturated heterocycles. The van der Waals surface area contributed by atoms with Crippen molar-refractivity contribution in [2.75, 3.05) is 6.61 Å². The van der Waals surface area contributed by atoms with Gasteiger partial charge in [-0.3, -0.25) is 0 Å². The summed E-state index contributed by atoms with van der Waals surface area (Å²) in [6.45, 7) is 5.40. The average Bonchev–Trinajstić information content (AvgIpc) is 1.98. The standard InChI is InChI=1S/C8H11ClO/c1-3-8(9)7(2)5-4-6-10/h3-5,10H,1,6H2,2H3/b5-4-,8-7+. The molecule has 0 amide bonds. The van der Waals surface area contributed by atoms with Gasteiger partial charge in [-0.1, -0.05) is 36.4 Å². The molecule has 0 spiro atoms. The lowest BCUT2D eigenvalue weighted by Gasteiger charge is -1.91. The molecule has 0 aromatic rings. The fraction of sp³-hybridized carbons (Fsp3) is 0.250. The molecule has 0 aliphatic rings. The van der Waals surface area contributed by atoms with Crippen molar-refractivity contribution in [2.45, 2.75) is 6.92 Å². The largest absolute Gasteiger partial charge is 0.392 e. The van der Waals surface area contributed by atoms with E-state index in [1.165, 1.54) is 0 Å². The van der Waals surface area contributed by atoms with Crippen LogP contribution in [0.25, 0.3) is 0 Å². The molecule has 0 aliphatic heterocycles. The quantitative estimate of drug-likeness (QED) is 0.625. The van der Waals surface area contributed by atoms with Crippen LogP contribution in [0.5, 0.6) is 0 Å². The van der Waals surface area contributed by atoms with Crippen LogP contribution in [0.4, 0.5) is 0 Å². The highest BCUT2D eigenvalue weighted by Crippen LogP contribution is 2.10. The number of allylic oxidation sites excluding steroid dienone is 4. The SMILES string of the molecule is C=C/C(Cl)=C(C)\C=C/CO. The smallest absolute Gasteiger partial charge is 0.0615 e. The van der Waals surface area contributed by atoms with Gasteiger partial charge in [0.05, 0.1) is 6.61 Å². The van der Waals surface area contributed by atoms with Crippen LogP contribution in [-0.4, -0.2) is 11.7 Å². The molecule has 0 saturated carbocycles. The van der Waals surface area contributed by atoms with Crippen molar-refractivity contribution in [1.82, 2.24) is 0 Å². The van der Waals surface area contributed by atoms with Crippen LogP contribution in [0, 0.1) is 0 Å². The van der Waals surface area contributed by atoms with Crippen LogP contribution < -0.4 is 0 Å². The van der Waals surface area contributed by atoms with Gasteiger partial charge in [0.25, 0.3) is 0 Å². The van der Waals surface area contributed by atoms with E-state index in [4.69, 9.17) is 16.7 Å². The maximum absolute atomic E-state index is 8.39. The molecule has 0 aromatic heterocycles. The van der Waals surface area contributed by atoms with E-state index < -0.39 is 0 Å². The molecule has 56 valence electrons. The summed E-state index contributed by atoms with van der Waals surface area (Å²) in [6.07, 6.45) is 4.95.